The molecule has 1 aliphatic rings. The number of anilines is 1. The molecule has 1 fully saturated rings. The predicted molar refractivity (Wildman–Crippen MR) is 122 cm³/mol. The second-order valence-corrected chi connectivity index (χ2v) is 11.8. The van der Waals surface area contributed by atoms with E-state index in [-0.39, 0.29) is 22.9 Å². The number of sulfonamides is 2. The van der Waals surface area contributed by atoms with Crippen molar-refractivity contribution in [3.8, 4) is 0 Å². The third-order valence-electron chi connectivity index (χ3n) is 4.53. The molecular formula is C19H24N4O5S3. The minimum Gasteiger partial charge on any atom is -0.356 e. The molecule has 0 saturated carbocycles. The normalized spacial score (nSPS) is 15.5. The van der Waals surface area contributed by atoms with E-state index < -0.39 is 26.0 Å². The maximum Gasteiger partial charge on any atom is 0.272 e. The fraction of sp³-hybridized carbons (Fsp3) is 0.316. The number of benzene rings is 1. The van der Waals surface area contributed by atoms with Crippen molar-refractivity contribution in [2.45, 2.75) is 10.6 Å². The highest BCUT2D eigenvalue weighted by atomic mass is 32.2. The van der Waals surface area contributed by atoms with Crippen LogP contribution >= 0.6 is 11.8 Å². The van der Waals surface area contributed by atoms with E-state index in [9.17, 15) is 21.6 Å². The highest BCUT2D eigenvalue weighted by Crippen LogP contribution is 2.21. The zero-order chi connectivity index (χ0) is 22.5. The Bertz CT molecular complexity index is 1140. The molecule has 9 nitrogen and oxygen atoms in total. The largest absolute Gasteiger partial charge is 0.356 e. The van der Waals surface area contributed by atoms with Crippen molar-refractivity contribution >= 4 is 43.4 Å². The lowest BCUT2D eigenvalue weighted by Crippen LogP contribution is -2.37. The quantitative estimate of drug-likeness (QED) is 0.464. The third kappa shape index (κ3) is 6.20. The molecule has 1 saturated heterocycles. The number of amides is 1. The first kappa shape index (κ1) is 23.5. The van der Waals surface area contributed by atoms with Gasteiger partial charge in [-0.3, -0.25) is 4.79 Å². The number of H-pyrrole nitrogens is 1. The summed E-state index contributed by atoms with van der Waals surface area (Å²) in [5, 5.41) is 2.67. The van der Waals surface area contributed by atoms with Crippen LogP contribution in [-0.4, -0.2) is 63.2 Å². The molecule has 0 spiro atoms. The molecule has 2 aromatic rings. The topological polar surface area (TPSA) is 128 Å². The van der Waals surface area contributed by atoms with Gasteiger partial charge in [-0.15, -0.1) is 6.58 Å². The molecule has 1 aromatic heterocycles. The van der Waals surface area contributed by atoms with Gasteiger partial charge in [-0.25, -0.2) is 21.6 Å². The van der Waals surface area contributed by atoms with E-state index in [1.54, 1.807) is 36.0 Å². The lowest BCUT2D eigenvalue weighted by molar-refractivity contribution is 0.102. The number of rotatable bonds is 9. The summed E-state index contributed by atoms with van der Waals surface area (Å²) in [6.07, 6.45) is 2.77. The number of carbonyl (C=O) groups excluding carboxylic acids is 1. The summed E-state index contributed by atoms with van der Waals surface area (Å²) in [5.41, 5.74) is 1.13. The van der Waals surface area contributed by atoms with Crippen LogP contribution in [0, 0.1) is 0 Å². The van der Waals surface area contributed by atoms with Crippen molar-refractivity contribution in [2.75, 3.05) is 36.5 Å². The van der Waals surface area contributed by atoms with Crippen LogP contribution < -0.4 is 10.0 Å². The van der Waals surface area contributed by atoms with Crippen molar-refractivity contribution in [3.63, 3.8) is 0 Å². The molecule has 3 N–H and O–H groups in total. The van der Waals surface area contributed by atoms with Crippen LogP contribution in [0.5, 0.6) is 0 Å². The average molecular weight is 485 g/mol. The number of aromatic nitrogens is 1. The molecule has 1 amide bonds. The summed E-state index contributed by atoms with van der Waals surface area (Å²) in [6, 6.07) is 7.69. The summed E-state index contributed by atoms with van der Waals surface area (Å²) in [4.78, 5) is 15.3. The Morgan fingerprint density at radius 3 is 2.48 bits per heavy atom. The van der Waals surface area contributed by atoms with Gasteiger partial charge in [0.05, 0.1) is 5.75 Å². The molecule has 0 atom stereocenters. The van der Waals surface area contributed by atoms with Gasteiger partial charge in [0, 0.05) is 43.0 Å². The Morgan fingerprint density at radius 1 is 1.16 bits per heavy atom. The number of thioether (sulfide) groups is 1. The monoisotopic (exact) mass is 484 g/mol. The smallest absolute Gasteiger partial charge is 0.272 e. The first-order valence-electron chi connectivity index (χ1n) is 9.46. The number of nitrogens with zero attached hydrogens (tertiary/aromatic N) is 1. The van der Waals surface area contributed by atoms with Gasteiger partial charge < -0.3 is 10.3 Å². The first-order chi connectivity index (χ1) is 14.7. The third-order valence-corrected chi connectivity index (χ3v) is 8.66. The molecule has 168 valence electrons. The van der Waals surface area contributed by atoms with Crippen LogP contribution in [0.2, 0.25) is 0 Å². The van der Waals surface area contributed by atoms with Crippen molar-refractivity contribution in [2.24, 2.45) is 0 Å². The first-order valence-corrected chi connectivity index (χ1v) is 13.7. The van der Waals surface area contributed by atoms with E-state index in [0.717, 1.165) is 11.5 Å². The second-order valence-electron chi connectivity index (χ2n) is 6.81. The van der Waals surface area contributed by atoms with Gasteiger partial charge in [-0.2, -0.15) is 16.1 Å². The summed E-state index contributed by atoms with van der Waals surface area (Å²) in [5.74, 6) is 0.808. The number of carbonyl (C=O) groups is 1. The molecule has 31 heavy (non-hydrogen) atoms. The molecular weight excluding hydrogens is 460 g/mol. The highest BCUT2D eigenvalue weighted by Gasteiger charge is 2.27. The summed E-state index contributed by atoms with van der Waals surface area (Å²) < 4.78 is 53.1. The van der Waals surface area contributed by atoms with Gasteiger partial charge in [0.1, 0.15) is 10.6 Å². The van der Waals surface area contributed by atoms with Gasteiger partial charge in [0.25, 0.3) is 5.91 Å². The summed E-state index contributed by atoms with van der Waals surface area (Å²) >= 11 is 1.71. The molecule has 2 heterocycles. The van der Waals surface area contributed by atoms with Crippen LogP contribution in [0.1, 0.15) is 16.1 Å². The zero-order valence-corrected chi connectivity index (χ0v) is 19.2. The van der Waals surface area contributed by atoms with Gasteiger partial charge in [0.15, 0.2) is 0 Å². The van der Waals surface area contributed by atoms with Gasteiger partial charge in [-0.05, 0) is 23.8 Å². The average Bonchev–Trinajstić information content (AvgIpc) is 3.26. The molecule has 0 radical (unpaired) electrons. The van der Waals surface area contributed by atoms with Crippen LogP contribution in [-0.2, 0) is 25.8 Å². The Labute approximate surface area is 186 Å². The van der Waals surface area contributed by atoms with Gasteiger partial charge in [0.2, 0.25) is 20.0 Å². The van der Waals surface area contributed by atoms with Crippen LogP contribution in [0.3, 0.4) is 0 Å². The number of nitrogens with one attached hydrogen (secondary N) is 3. The van der Waals surface area contributed by atoms with Crippen molar-refractivity contribution in [1.29, 1.82) is 0 Å². The number of hydrogen-bond donors (Lipinski definition) is 3. The summed E-state index contributed by atoms with van der Waals surface area (Å²) in [6.45, 7) is 4.52. The van der Waals surface area contributed by atoms with E-state index in [4.69, 9.17) is 0 Å². The molecule has 0 aliphatic carbocycles. The van der Waals surface area contributed by atoms with E-state index in [0.29, 0.717) is 24.3 Å². The predicted octanol–water partition coefficient (Wildman–Crippen LogP) is 1.61. The molecule has 1 aromatic carbocycles. The zero-order valence-electron chi connectivity index (χ0n) is 16.7. The van der Waals surface area contributed by atoms with Gasteiger partial charge in [-0.1, -0.05) is 18.2 Å². The van der Waals surface area contributed by atoms with Crippen LogP contribution in [0.15, 0.2) is 54.1 Å². The van der Waals surface area contributed by atoms with E-state index in [1.807, 2.05) is 0 Å². The van der Waals surface area contributed by atoms with E-state index in [1.165, 1.54) is 22.6 Å². The maximum atomic E-state index is 12.7. The van der Waals surface area contributed by atoms with Crippen molar-refractivity contribution < 1.29 is 21.6 Å². The van der Waals surface area contributed by atoms with Crippen molar-refractivity contribution in [1.82, 2.24) is 14.0 Å². The lowest BCUT2D eigenvalue weighted by Gasteiger charge is -2.24. The molecule has 0 unspecified atom stereocenters. The van der Waals surface area contributed by atoms with Crippen LogP contribution in [0.4, 0.5) is 5.69 Å². The standard InChI is InChI=1S/C19H24N4O5S3/c1-2-7-21-30(25,26)14-15-3-5-16(6-4-15)22-19(24)18-12-17(13-20-18)31(27,28)23-8-10-29-11-9-23/h2-6,12-13,20-21H,1,7-11,14H2,(H,22,24). The fourth-order valence-electron chi connectivity index (χ4n) is 2.93. The van der Waals surface area contributed by atoms with Crippen LogP contribution in [0.25, 0.3) is 0 Å². The summed E-state index contributed by atoms with van der Waals surface area (Å²) in [7, 11) is -7.11. The number of hydrogen-bond acceptors (Lipinski definition) is 6. The number of aromatic amines is 1. The van der Waals surface area contributed by atoms with Gasteiger partial charge >= 0.3 is 0 Å². The maximum absolute atomic E-state index is 12.7. The molecule has 12 heteroatoms. The minimum absolute atomic E-state index is 0.0529. The van der Waals surface area contributed by atoms with E-state index in [2.05, 4.69) is 21.6 Å². The van der Waals surface area contributed by atoms with E-state index >= 15 is 0 Å². The fourth-order valence-corrected chi connectivity index (χ4v) is 6.61. The Kier molecular flexibility index (Phi) is 7.59. The molecule has 3 rings (SSSR count). The minimum atomic E-state index is -3.64. The highest BCUT2D eigenvalue weighted by molar-refractivity contribution is 7.99. The Hall–Kier alpha value is -2.12. The molecule has 1 aliphatic heterocycles. The Morgan fingerprint density at radius 2 is 1.84 bits per heavy atom. The molecule has 0 bridgehead atoms. The lowest BCUT2D eigenvalue weighted by atomic mass is 10.2. The Balaban J connectivity index is 1.64. The SMILES string of the molecule is C=CCNS(=O)(=O)Cc1ccc(NC(=O)c2cc(S(=O)(=O)N3CCSCC3)c[nH]2)cc1. The second kappa shape index (κ2) is 10.0. The van der Waals surface area contributed by atoms with Crippen molar-refractivity contribution in [3.05, 3.63) is 60.4 Å².